The van der Waals surface area contributed by atoms with E-state index in [1.807, 2.05) is 12.3 Å². The van der Waals surface area contributed by atoms with Crippen LogP contribution < -0.4 is 26.3 Å². The Labute approximate surface area is 245 Å². The summed E-state index contributed by atoms with van der Waals surface area (Å²) in [5.74, 6) is 1.41. The lowest BCUT2D eigenvalue weighted by atomic mass is 9.72. The summed E-state index contributed by atoms with van der Waals surface area (Å²) in [5, 5.41) is 8.36. The summed E-state index contributed by atoms with van der Waals surface area (Å²) in [4.78, 5) is 23.8. The number of anilines is 5. The highest BCUT2D eigenvalue weighted by atomic mass is 31.1. The maximum atomic E-state index is 4.96. The van der Waals surface area contributed by atoms with E-state index >= 15 is 0 Å². The summed E-state index contributed by atoms with van der Waals surface area (Å²) >= 11 is 0. The summed E-state index contributed by atoms with van der Waals surface area (Å²) in [6.45, 7) is 15.8. The minimum atomic E-state index is -0.426. The number of fused-ring (bicyclic) bond motifs is 1. The molecular formula is C31H40BN8P. The number of hydrogen-bond acceptors (Lipinski definition) is 8. The zero-order chi connectivity index (χ0) is 28.7. The molecule has 0 saturated carbocycles. The first kappa shape index (κ1) is 27.9. The molecular weight excluding hydrogens is 526 g/mol. The molecule has 2 fully saturated rings. The van der Waals surface area contributed by atoms with Crippen molar-refractivity contribution in [3.63, 3.8) is 0 Å². The van der Waals surface area contributed by atoms with E-state index in [1.165, 1.54) is 48.0 Å². The molecule has 0 unspecified atom stereocenters. The van der Waals surface area contributed by atoms with Crippen LogP contribution in [0.2, 0.25) is 6.82 Å². The monoisotopic (exact) mass is 566 g/mol. The average Bonchev–Trinajstić information content (AvgIpc) is 2.94. The van der Waals surface area contributed by atoms with Crippen molar-refractivity contribution >= 4 is 65.8 Å². The molecule has 4 heterocycles. The van der Waals surface area contributed by atoms with Gasteiger partial charge in [0, 0.05) is 67.1 Å². The SMILES string of the molecule is CBc1cnc(Nc2cc(C)c(N3CCC4(CC3)CN(C)C4)cc2C)nc1Nc1ccc2nccnc2c1P(C)C. The van der Waals surface area contributed by atoms with Gasteiger partial charge in [-0.25, -0.2) is 4.98 Å². The standard InChI is InChI=1S/C31H40BN8P/c1-20-16-26(40-13-9-31(10-14-40)18-39(4)19-31)21(2)15-25(20)37-30-35-17-22(32-3)29(38-30)36-24-8-7-23-27(28(24)41(5)6)34-12-11-33-23/h7-8,11-12,15-17,32H,9-10,13-14,18-19H2,1-6H3,(H2,35,36,37,38). The lowest BCUT2D eigenvalue weighted by molar-refractivity contribution is 0.00130. The highest BCUT2D eigenvalue weighted by Crippen LogP contribution is 2.41. The van der Waals surface area contributed by atoms with Crippen molar-refractivity contribution in [2.24, 2.45) is 5.41 Å². The predicted octanol–water partition coefficient (Wildman–Crippen LogP) is 4.53. The van der Waals surface area contributed by atoms with E-state index < -0.39 is 7.92 Å². The molecule has 41 heavy (non-hydrogen) atoms. The van der Waals surface area contributed by atoms with Gasteiger partial charge in [0.25, 0.3) is 0 Å². The van der Waals surface area contributed by atoms with Crippen LogP contribution in [0.5, 0.6) is 0 Å². The molecule has 8 nitrogen and oxygen atoms in total. The zero-order valence-corrected chi connectivity index (χ0v) is 26.0. The van der Waals surface area contributed by atoms with Crippen molar-refractivity contribution in [1.29, 1.82) is 0 Å². The summed E-state index contributed by atoms with van der Waals surface area (Å²) in [5.41, 5.74) is 9.40. The van der Waals surface area contributed by atoms with E-state index in [-0.39, 0.29) is 0 Å². The molecule has 4 aromatic rings. The topological polar surface area (TPSA) is 82.1 Å². The minimum absolute atomic E-state index is 0.426. The Bertz CT molecular complexity index is 1580. The fraction of sp³-hybridized carbons (Fsp3) is 0.419. The summed E-state index contributed by atoms with van der Waals surface area (Å²) in [6, 6.07) is 8.70. The molecule has 0 radical (unpaired) electrons. The molecule has 2 aliphatic heterocycles. The van der Waals surface area contributed by atoms with E-state index in [1.54, 1.807) is 12.4 Å². The third-order valence-electron chi connectivity index (χ3n) is 8.72. The van der Waals surface area contributed by atoms with Gasteiger partial charge in [0.2, 0.25) is 5.95 Å². The van der Waals surface area contributed by atoms with Crippen LogP contribution >= 0.6 is 7.92 Å². The number of aryl methyl sites for hydroxylation is 2. The van der Waals surface area contributed by atoms with Gasteiger partial charge >= 0.3 is 0 Å². The third-order valence-corrected chi connectivity index (χ3v) is 10.1. The first-order valence-electron chi connectivity index (χ1n) is 14.6. The number of aromatic nitrogens is 4. The van der Waals surface area contributed by atoms with Crippen molar-refractivity contribution in [2.75, 3.05) is 62.1 Å². The normalized spacial score (nSPS) is 16.7. The molecule has 6 rings (SSSR count). The summed E-state index contributed by atoms with van der Waals surface area (Å²) < 4.78 is 0. The highest BCUT2D eigenvalue weighted by Gasteiger charge is 2.43. The maximum Gasteiger partial charge on any atom is 0.229 e. The number of rotatable bonds is 7. The Morgan fingerprint density at radius 2 is 1.68 bits per heavy atom. The van der Waals surface area contributed by atoms with Crippen LogP contribution in [-0.2, 0) is 0 Å². The molecule has 2 saturated heterocycles. The first-order valence-corrected chi connectivity index (χ1v) is 16.8. The van der Waals surface area contributed by atoms with Gasteiger partial charge in [-0.15, -0.1) is 0 Å². The van der Waals surface area contributed by atoms with Gasteiger partial charge in [-0.2, -0.15) is 4.98 Å². The van der Waals surface area contributed by atoms with E-state index in [4.69, 9.17) is 4.98 Å². The van der Waals surface area contributed by atoms with Crippen LogP contribution in [0.15, 0.2) is 42.9 Å². The molecule has 0 atom stereocenters. The van der Waals surface area contributed by atoms with Gasteiger partial charge in [0.15, 0.2) is 7.28 Å². The first-order chi connectivity index (χ1) is 19.7. The second-order valence-electron chi connectivity index (χ2n) is 12.1. The molecule has 0 bridgehead atoms. The molecule has 2 aromatic heterocycles. The summed E-state index contributed by atoms with van der Waals surface area (Å²) in [7, 11) is 2.64. The van der Waals surface area contributed by atoms with Crippen LogP contribution in [-0.4, -0.2) is 78.7 Å². The Morgan fingerprint density at radius 1 is 0.927 bits per heavy atom. The van der Waals surface area contributed by atoms with Crippen LogP contribution in [0, 0.1) is 19.3 Å². The molecule has 212 valence electrons. The van der Waals surface area contributed by atoms with Gasteiger partial charge in [-0.05, 0) is 93.3 Å². The Morgan fingerprint density at radius 3 is 2.39 bits per heavy atom. The quantitative estimate of drug-likeness (QED) is 0.250. The maximum absolute atomic E-state index is 4.96. The number of hydrogen-bond donors (Lipinski definition) is 2. The smallest absolute Gasteiger partial charge is 0.229 e. The number of nitrogens with one attached hydrogen (secondary N) is 2. The van der Waals surface area contributed by atoms with E-state index in [0.29, 0.717) is 11.4 Å². The molecule has 10 heteroatoms. The zero-order valence-electron chi connectivity index (χ0n) is 25.1. The van der Waals surface area contributed by atoms with Gasteiger partial charge < -0.3 is 20.4 Å². The van der Waals surface area contributed by atoms with Crippen LogP contribution in [0.4, 0.5) is 28.8 Å². The van der Waals surface area contributed by atoms with Crippen molar-refractivity contribution in [2.45, 2.75) is 33.5 Å². The fourth-order valence-corrected chi connectivity index (χ4v) is 7.78. The van der Waals surface area contributed by atoms with E-state index in [2.05, 4.69) is 94.6 Å². The third kappa shape index (κ3) is 5.50. The van der Waals surface area contributed by atoms with Crippen molar-refractivity contribution < 1.29 is 0 Å². The second kappa shape index (κ2) is 11.2. The number of likely N-dealkylation sites (tertiary alicyclic amines) is 1. The van der Waals surface area contributed by atoms with Crippen LogP contribution in [0.25, 0.3) is 11.0 Å². The van der Waals surface area contributed by atoms with Crippen LogP contribution in [0.1, 0.15) is 24.0 Å². The van der Waals surface area contributed by atoms with Crippen LogP contribution in [0.3, 0.4) is 0 Å². The lowest BCUT2D eigenvalue weighted by Crippen LogP contribution is -2.58. The molecule has 1 spiro atoms. The number of nitrogens with zero attached hydrogens (tertiary/aromatic N) is 6. The molecule has 2 aliphatic rings. The molecule has 2 N–H and O–H groups in total. The molecule has 0 aliphatic carbocycles. The minimum Gasteiger partial charge on any atom is -0.371 e. The number of piperidine rings is 1. The second-order valence-corrected chi connectivity index (χ2v) is 14.3. The van der Waals surface area contributed by atoms with Gasteiger partial charge in [-0.3, -0.25) is 9.97 Å². The van der Waals surface area contributed by atoms with Gasteiger partial charge in [0.05, 0.1) is 11.0 Å². The average molecular weight is 567 g/mol. The van der Waals surface area contributed by atoms with Crippen molar-refractivity contribution in [3.8, 4) is 0 Å². The number of benzene rings is 2. The fourth-order valence-electron chi connectivity index (χ4n) is 6.57. The van der Waals surface area contributed by atoms with Gasteiger partial charge in [0.1, 0.15) is 5.82 Å². The van der Waals surface area contributed by atoms with E-state index in [0.717, 1.165) is 54.1 Å². The molecule has 0 amide bonds. The summed E-state index contributed by atoms with van der Waals surface area (Å²) in [6.07, 6.45) is 8.01. The van der Waals surface area contributed by atoms with Crippen molar-refractivity contribution in [3.05, 3.63) is 54.0 Å². The predicted molar refractivity (Wildman–Crippen MR) is 176 cm³/mol. The van der Waals surface area contributed by atoms with E-state index in [9.17, 15) is 0 Å². The van der Waals surface area contributed by atoms with Gasteiger partial charge in [-0.1, -0.05) is 14.7 Å². The highest BCUT2D eigenvalue weighted by molar-refractivity contribution is 7.65. The lowest BCUT2D eigenvalue weighted by Gasteiger charge is -2.53. The Balaban J connectivity index is 1.24. The van der Waals surface area contributed by atoms with Crippen molar-refractivity contribution in [1.82, 2.24) is 24.8 Å². The largest absolute Gasteiger partial charge is 0.371 e. The molecule has 2 aromatic carbocycles. The Kier molecular flexibility index (Phi) is 7.60. The Hall–Kier alpha value is -3.29.